The average Bonchev–Trinajstić information content (AvgIpc) is 2.63. The summed E-state index contributed by atoms with van der Waals surface area (Å²) < 4.78 is 57.2. The van der Waals surface area contributed by atoms with Gasteiger partial charge in [0.2, 0.25) is 5.78 Å². The largest absolute Gasteiger partial charge is 0.462 e. The lowest BCUT2D eigenvalue weighted by Gasteiger charge is -2.13. The molecule has 0 aromatic heterocycles. The van der Waals surface area contributed by atoms with E-state index in [-0.39, 0.29) is 12.2 Å². The van der Waals surface area contributed by atoms with Crippen molar-refractivity contribution < 1.29 is 31.9 Å². The summed E-state index contributed by atoms with van der Waals surface area (Å²) in [4.78, 5) is 24.6. The van der Waals surface area contributed by atoms with Crippen molar-refractivity contribution in [1.29, 1.82) is 0 Å². The van der Waals surface area contributed by atoms with Crippen molar-refractivity contribution in [1.82, 2.24) is 0 Å². The summed E-state index contributed by atoms with van der Waals surface area (Å²) in [5.41, 5.74) is -2.10. The standard InChI is InChI=1S/C19H15F4NO3/c1-2-27-18(26)14(17(25)12-6-4-3-5-7-12)11-24-16-9-8-13(20)10-15(16)19(21,22)23/h3-11,24H,2H2,1H3/b14-11-. The first-order chi connectivity index (χ1) is 12.7. The number of benzene rings is 2. The normalized spacial score (nSPS) is 11.8. The molecule has 0 atom stereocenters. The Balaban J connectivity index is 2.42. The number of alkyl halides is 3. The number of hydrogen-bond donors (Lipinski definition) is 1. The second kappa shape index (κ2) is 8.48. The van der Waals surface area contributed by atoms with Crippen LogP contribution in [0, 0.1) is 5.82 Å². The molecule has 0 aliphatic carbocycles. The van der Waals surface area contributed by atoms with Gasteiger partial charge in [-0.2, -0.15) is 13.2 Å². The third-order valence-corrected chi connectivity index (χ3v) is 3.43. The number of halogens is 4. The van der Waals surface area contributed by atoms with Gasteiger partial charge < -0.3 is 10.1 Å². The first-order valence-corrected chi connectivity index (χ1v) is 7.84. The molecule has 8 heteroatoms. The number of esters is 1. The molecule has 0 heterocycles. The van der Waals surface area contributed by atoms with Gasteiger partial charge in [0.15, 0.2) is 0 Å². The summed E-state index contributed by atoms with van der Waals surface area (Å²) in [6, 6.07) is 9.73. The number of anilines is 1. The highest BCUT2D eigenvalue weighted by Crippen LogP contribution is 2.35. The summed E-state index contributed by atoms with van der Waals surface area (Å²) in [7, 11) is 0. The molecule has 2 aromatic carbocycles. The highest BCUT2D eigenvalue weighted by atomic mass is 19.4. The van der Waals surface area contributed by atoms with E-state index in [0.29, 0.717) is 6.07 Å². The van der Waals surface area contributed by atoms with Crippen LogP contribution in [0.5, 0.6) is 0 Å². The van der Waals surface area contributed by atoms with Crippen LogP contribution in [0.2, 0.25) is 0 Å². The molecule has 0 bridgehead atoms. The maximum absolute atomic E-state index is 13.2. The van der Waals surface area contributed by atoms with Crippen LogP contribution in [0.3, 0.4) is 0 Å². The molecule has 0 unspecified atom stereocenters. The number of Topliss-reactive ketones (excluding diaryl/α,β-unsaturated/α-hetero) is 1. The first kappa shape index (κ1) is 20.2. The lowest BCUT2D eigenvalue weighted by atomic mass is 10.0. The van der Waals surface area contributed by atoms with E-state index in [1.807, 2.05) is 0 Å². The van der Waals surface area contributed by atoms with Crippen LogP contribution < -0.4 is 5.32 Å². The van der Waals surface area contributed by atoms with Crippen LogP contribution in [0.4, 0.5) is 23.2 Å². The van der Waals surface area contributed by atoms with Gasteiger partial charge >= 0.3 is 12.1 Å². The highest BCUT2D eigenvalue weighted by molar-refractivity contribution is 6.24. The minimum absolute atomic E-state index is 0.0252. The van der Waals surface area contributed by atoms with Gasteiger partial charge in [-0.05, 0) is 25.1 Å². The van der Waals surface area contributed by atoms with E-state index in [0.717, 1.165) is 18.3 Å². The molecule has 0 fully saturated rings. The zero-order chi connectivity index (χ0) is 20.0. The van der Waals surface area contributed by atoms with E-state index in [4.69, 9.17) is 4.74 Å². The molecule has 27 heavy (non-hydrogen) atoms. The molecule has 4 nitrogen and oxygen atoms in total. The van der Waals surface area contributed by atoms with E-state index in [9.17, 15) is 27.2 Å². The van der Waals surface area contributed by atoms with Gasteiger partial charge in [-0.3, -0.25) is 4.79 Å². The first-order valence-electron chi connectivity index (χ1n) is 7.84. The second-order valence-electron chi connectivity index (χ2n) is 5.31. The van der Waals surface area contributed by atoms with Gasteiger partial charge in [-0.25, -0.2) is 9.18 Å². The summed E-state index contributed by atoms with van der Waals surface area (Å²) in [5.74, 6) is -2.78. The van der Waals surface area contributed by atoms with Crippen LogP contribution in [0.25, 0.3) is 0 Å². The van der Waals surface area contributed by atoms with Crippen molar-refractivity contribution in [2.45, 2.75) is 13.1 Å². The fourth-order valence-electron chi connectivity index (χ4n) is 2.20. The minimum atomic E-state index is -4.83. The predicted molar refractivity (Wildman–Crippen MR) is 90.5 cm³/mol. The third kappa shape index (κ3) is 5.16. The van der Waals surface area contributed by atoms with E-state index in [1.165, 1.54) is 19.1 Å². The van der Waals surface area contributed by atoms with Crippen molar-refractivity contribution >= 4 is 17.4 Å². The highest BCUT2D eigenvalue weighted by Gasteiger charge is 2.34. The average molecular weight is 381 g/mol. The minimum Gasteiger partial charge on any atom is -0.462 e. The zero-order valence-electron chi connectivity index (χ0n) is 14.1. The lowest BCUT2D eigenvalue weighted by molar-refractivity contribution is -0.138. The Bertz CT molecular complexity index is 861. The van der Waals surface area contributed by atoms with Crippen LogP contribution in [-0.2, 0) is 15.7 Å². The lowest BCUT2D eigenvalue weighted by Crippen LogP contribution is -2.18. The summed E-state index contributed by atoms with van der Waals surface area (Å²) in [6.45, 7) is 1.50. The van der Waals surface area contributed by atoms with Crippen molar-refractivity contribution in [2.75, 3.05) is 11.9 Å². The number of carbonyl (C=O) groups is 2. The SMILES string of the molecule is CCOC(=O)/C(=C\Nc1ccc(F)cc1C(F)(F)F)C(=O)c1ccccc1. The van der Waals surface area contributed by atoms with Gasteiger partial charge in [0, 0.05) is 11.8 Å². The van der Waals surface area contributed by atoms with Crippen molar-refractivity contribution in [3.8, 4) is 0 Å². The molecule has 2 rings (SSSR count). The number of hydrogen-bond acceptors (Lipinski definition) is 4. The Hall–Kier alpha value is -3.16. The molecule has 0 saturated heterocycles. The van der Waals surface area contributed by atoms with Gasteiger partial charge in [-0.15, -0.1) is 0 Å². The summed E-state index contributed by atoms with van der Waals surface area (Å²) in [5, 5.41) is 2.27. The van der Waals surface area contributed by atoms with Gasteiger partial charge in [0.05, 0.1) is 17.9 Å². The van der Waals surface area contributed by atoms with E-state index in [2.05, 4.69) is 5.32 Å². The molecule has 0 aliphatic rings. The van der Waals surface area contributed by atoms with Crippen LogP contribution >= 0.6 is 0 Å². The predicted octanol–water partition coefficient (Wildman–Crippen LogP) is 4.59. The molecular weight excluding hydrogens is 366 g/mol. The number of nitrogens with one attached hydrogen (secondary N) is 1. The fraction of sp³-hybridized carbons (Fsp3) is 0.158. The molecule has 0 radical (unpaired) electrons. The molecule has 1 N–H and O–H groups in total. The molecule has 0 saturated carbocycles. The second-order valence-corrected chi connectivity index (χ2v) is 5.31. The van der Waals surface area contributed by atoms with Crippen LogP contribution in [0.15, 0.2) is 60.3 Å². The monoisotopic (exact) mass is 381 g/mol. The molecular formula is C19H15F4NO3. The maximum atomic E-state index is 13.2. The third-order valence-electron chi connectivity index (χ3n) is 3.43. The molecule has 142 valence electrons. The van der Waals surface area contributed by atoms with Crippen molar-refractivity contribution in [3.05, 3.63) is 77.2 Å². The Morgan fingerprint density at radius 3 is 2.37 bits per heavy atom. The molecule has 0 amide bonds. The number of rotatable bonds is 6. The summed E-state index contributed by atoms with van der Waals surface area (Å²) in [6.07, 6.45) is -4.00. The Morgan fingerprint density at radius 2 is 1.78 bits per heavy atom. The molecule has 0 aliphatic heterocycles. The number of ketones is 1. The van der Waals surface area contributed by atoms with E-state index in [1.54, 1.807) is 18.2 Å². The van der Waals surface area contributed by atoms with Gasteiger partial charge in [-0.1, -0.05) is 30.3 Å². The topological polar surface area (TPSA) is 55.4 Å². The summed E-state index contributed by atoms with van der Waals surface area (Å²) >= 11 is 0. The number of carbonyl (C=O) groups excluding carboxylic acids is 2. The Labute approximate surface area is 152 Å². The quantitative estimate of drug-likeness (QED) is 0.199. The smallest absolute Gasteiger partial charge is 0.418 e. The molecule has 0 spiro atoms. The van der Waals surface area contributed by atoms with Crippen molar-refractivity contribution in [3.63, 3.8) is 0 Å². The molecule has 2 aromatic rings. The zero-order valence-corrected chi connectivity index (χ0v) is 14.1. The Morgan fingerprint density at radius 1 is 1.11 bits per heavy atom. The fourth-order valence-corrected chi connectivity index (χ4v) is 2.20. The van der Waals surface area contributed by atoms with Gasteiger partial charge in [0.1, 0.15) is 11.4 Å². The van der Waals surface area contributed by atoms with Crippen molar-refractivity contribution in [2.24, 2.45) is 0 Å². The van der Waals surface area contributed by atoms with E-state index < -0.39 is 40.6 Å². The Kier molecular flexibility index (Phi) is 6.33. The van der Waals surface area contributed by atoms with Crippen LogP contribution in [-0.4, -0.2) is 18.4 Å². The van der Waals surface area contributed by atoms with E-state index >= 15 is 0 Å². The van der Waals surface area contributed by atoms with Gasteiger partial charge in [0.25, 0.3) is 0 Å². The van der Waals surface area contributed by atoms with Crippen LogP contribution in [0.1, 0.15) is 22.8 Å². The maximum Gasteiger partial charge on any atom is 0.418 e. The number of ether oxygens (including phenoxy) is 1.